The van der Waals surface area contributed by atoms with E-state index in [1.165, 1.54) is 12.1 Å². The Hall–Kier alpha value is -1.99. The van der Waals surface area contributed by atoms with Crippen molar-refractivity contribution < 1.29 is 8.78 Å². The van der Waals surface area contributed by atoms with E-state index in [1.54, 1.807) is 16.5 Å². The summed E-state index contributed by atoms with van der Waals surface area (Å²) in [5.41, 5.74) is 6.84. The molecule has 1 atom stereocenters. The zero-order valence-corrected chi connectivity index (χ0v) is 15.8. The molecule has 7 heteroatoms. The Morgan fingerprint density at radius 3 is 2.74 bits per heavy atom. The molecule has 146 valence electrons. The van der Waals surface area contributed by atoms with Gasteiger partial charge in [-0.3, -0.25) is 4.79 Å². The highest BCUT2D eigenvalue weighted by Crippen LogP contribution is 2.41. The fourth-order valence-corrected chi connectivity index (χ4v) is 4.46. The van der Waals surface area contributed by atoms with Crippen molar-refractivity contribution in [3.8, 4) is 0 Å². The number of hydrogen-bond acceptors (Lipinski definition) is 4. The van der Waals surface area contributed by atoms with E-state index in [2.05, 4.69) is 5.32 Å². The fourth-order valence-electron chi connectivity index (χ4n) is 4.46. The molecule has 1 saturated heterocycles. The number of fused-ring (bicyclic) bond motifs is 1. The molecule has 1 aliphatic heterocycles. The molecule has 5 nitrogen and oxygen atoms in total. The van der Waals surface area contributed by atoms with Gasteiger partial charge in [-0.15, -0.1) is 0 Å². The number of benzene rings is 1. The lowest BCUT2D eigenvalue weighted by atomic mass is 10.0. The number of nitrogens with one attached hydrogen (secondary N) is 1. The second-order valence-electron chi connectivity index (χ2n) is 7.89. The van der Waals surface area contributed by atoms with Gasteiger partial charge in [-0.05, 0) is 44.0 Å². The quantitative estimate of drug-likeness (QED) is 0.841. The Morgan fingerprint density at radius 1 is 1.37 bits per heavy atom. The highest BCUT2D eigenvalue weighted by atomic mass is 19.1. The van der Waals surface area contributed by atoms with E-state index in [4.69, 9.17) is 5.73 Å². The fraction of sp³-hybridized carbons (Fsp3) is 0.550. The number of aryl methyl sites for hydroxylation is 1. The monoisotopic (exact) mass is 376 g/mol. The zero-order valence-electron chi connectivity index (χ0n) is 15.8. The van der Waals surface area contributed by atoms with Crippen LogP contribution in [0.1, 0.15) is 36.4 Å². The summed E-state index contributed by atoms with van der Waals surface area (Å²) in [4.78, 5) is 14.5. The molecule has 1 aromatic heterocycles. The lowest BCUT2D eigenvalue weighted by Crippen LogP contribution is -2.38. The van der Waals surface area contributed by atoms with Crippen LogP contribution in [0.25, 0.3) is 10.9 Å². The highest BCUT2D eigenvalue weighted by Gasteiger charge is 2.39. The first-order valence-electron chi connectivity index (χ1n) is 9.54. The van der Waals surface area contributed by atoms with E-state index in [1.807, 2.05) is 6.92 Å². The van der Waals surface area contributed by atoms with Crippen LogP contribution in [-0.4, -0.2) is 36.9 Å². The number of hydrogen-bond donors (Lipinski definition) is 2. The molecule has 0 amide bonds. The maximum atomic E-state index is 15.1. The first-order valence-corrected chi connectivity index (χ1v) is 9.54. The molecule has 0 spiro atoms. The van der Waals surface area contributed by atoms with Crippen LogP contribution >= 0.6 is 0 Å². The van der Waals surface area contributed by atoms with Gasteiger partial charge in [-0.2, -0.15) is 0 Å². The van der Waals surface area contributed by atoms with Crippen molar-refractivity contribution >= 4 is 16.6 Å². The number of nitrogens with zero attached hydrogens (tertiary/aromatic N) is 2. The van der Waals surface area contributed by atoms with Crippen molar-refractivity contribution in [2.75, 3.05) is 31.6 Å². The van der Waals surface area contributed by atoms with Crippen molar-refractivity contribution in [2.45, 2.75) is 44.4 Å². The Kier molecular flexibility index (Phi) is 4.47. The third-order valence-electron chi connectivity index (χ3n) is 5.83. The van der Waals surface area contributed by atoms with Crippen LogP contribution in [0.2, 0.25) is 0 Å². The molecule has 1 aliphatic carbocycles. The maximum absolute atomic E-state index is 15.1. The molecule has 0 radical (unpaired) electrons. The second kappa shape index (κ2) is 6.56. The van der Waals surface area contributed by atoms with Gasteiger partial charge in [0.1, 0.15) is 11.5 Å². The molecule has 1 saturated carbocycles. The van der Waals surface area contributed by atoms with Crippen molar-refractivity contribution in [1.82, 2.24) is 9.88 Å². The molecular formula is C20H26F2N4O. The Morgan fingerprint density at radius 2 is 2.11 bits per heavy atom. The number of anilines is 1. The van der Waals surface area contributed by atoms with Gasteiger partial charge in [-0.25, -0.2) is 8.78 Å². The van der Waals surface area contributed by atoms with Gasteiger partial charge in [0.15, 0.2) is 0 Å². The van der Waals surface area contributed by atoms with Crippen LogP contribution in [0.15, 0.2) is 16.9 Å². The third-order valence-corrected chi connectivity index (χ3v) is 5.83. The lowest BCUT2D eigenvalue weighted by Gasteiger charge is -2.26. The SMILES string of the molecule is CNCC1(F)CCN(c2c(F)cc3c(CN)cc(=O)n(C4CC4)c3c2C)C1. The van der Waals surface area contributed by atoms with Crippen molar-refractivity contribution in [3.05, 3.63) is 39.4 Å². The van der Waals surface area contributed by atoms with E-state index in [-0.39, 0.29) is 37.1 Å². The van der Waals surface area contributed by atoms with E-state index in [0.717, 1.165) is 18.4 Å². The Bertz CT molecular complexity index is 953. The minimum atomic E-state index is -1.38. The van der Waals surface area contributed by atoms with Crippen LogP contribution in [0.4, 0.5) is 14.5 Å². The summed E-state index contributed by atoms with van der Waals surface area (Å²) >= 11 is 0. The first-order chi connectivity index (χ1) is 12.9. The normalized spacial score (nSPS) is 22.8. The molecule has 0 bridgehead atoms. The predicted octanol–water partition coefficient (Wildman–Crippen LogP) is 2.38. The summed E-state index contributed by atoms with van der Waals surface area (Å²) in [5.74, 6) is -0.385. The Balaban J connectivity index is 1.91. The summed E-state index contributed by atoms with van der Waals surface area (Å²) in [6.07, 6.45) is 2.24. The molecule has 3 N–H and O–H groups in total. The van der Waals surface area contributed by atoms with Gasteiger partial charge in [0, 0.05) is 43.5 Å². The molecule has 2 aliphatic rings. The number of alkyl halides is 1. The van der Waals surface area contributed by atoms with Crippen molar-refractivity contribution in [1.29, 1.82) is 0 Å². The molecule has 1 unspecified atom stereocenters. The molecular weight excluding hydrogens is 350 g/mol. The lowest BCUT2D eigenvalue weighted by molar-refractivity contribution is 0.192. The van der Waals surface area contributed by atoms with Crippen LogP contribution < -0.4 is 21.5 Å². The zero-order chi connectivity index (χ0) is 19.3. The topological polar surface area (TPSA) is 63.3 Å². The first kappa shape index (κ1) is 18.4. The highest BCUT2D eigenvalue weighted by molar-refractivity contribution is 5.90. The second-order valence-corrected chi connectivity index (χ2v) is 7.89. The number of pyridine rings is 1. The summed E-state index contributed by atoms with van der Waals surface area (Å²) in [6, 6.07) is 3.15. The van der Waals surface area contributed by atoms with Gasteiger partial charge in [0.2, 0.25) is 0 Å². The van der Waals surface area contributed by atoms with Gasteiger partial charge in [-0.1, -0.05) is 0 Å². The average molecular weight is 376 g/mol. The number of nitrogens with two attached hydrogens (primary N) is 1. The minimum absolute atomic E-state index is 0.0949. The third kappa shape index (κ3) is 3.02. The van der Waals surface area contributed by atoms with Gasteiger partial charge in [0.25, 0.3) is 5.56 Å². The van der Waals surface area contributed by atoms with Gasteiger partial charge < -0.3 is 20.5 Å². The minimum Gasteiger partial charge on any atom is -0.366 e. The number of halogens is 2. The number of aromatic nitrogens is 1. The molecule has 2 aromatic rings. The summed E-state index contributed by atoms with van der Waals surface area (Å²) in [7, 11) is 1.72. The van der Waals surface area contributed by atoms with E-state index in [0.29, 0.717) is 35.2 Å². The largest absolute Gasteiger partial charge is 0.366 e. The summed E-state index contributed by atoms with van der Waals surface area (Å²) < 4.78 is 31.8. The summed E-state index contributed by atoms with van der Waals surface area (Å²) in [5, 5.41) is 3.57. The predicted molar refractivity (Wildman–Crippen MR) is 104 cm³/mol. The van der Waals surface area contributed by atoms with Crippen LogP contribution in [0.3, 0.4) is 0 Å². The molecule has 2 fully saturated rings. The average Bonchev–Trinajstić information content (AvgIpc) is 3.38. The Labute approximate surface area is 157 Å². The van der Waals surface area contributed by atoms with Crippen molar-refractivity contribution in [3.63, 3.8) is 0 Å². The van der Waals surface area contributed by atoms with Crippen molar-refractivity contribution in [2.24, 2.45) is 5.73 Å². The smallest absolute Gasteiger partial charge is 0.251 e. The van der Waals surface area contributed by atoms with Crippen LogP contribution in [0.5, 0.6) is 0 Å². The maximum Gasteiger partial charge on any atom is 0.251 e. The van der Waals surface area contributed by atoms with Gasteiger partial charge in [0.05, 0.1) is 17.7 Å². The van der Waals surface area contributed by atoms with E-state index in [9.17, 15) is 9.18 Å². The van der Waals surface area contributed by atoms with Crippen LogP contribution in [-0.2, 0) is 6.54 Å². The molecule has 1 aromatic carbocycles. The number of rotatable bonds is 5. The summed E-state index contributed by atoms with van der Waals surface area (Å²) in [6.45, 7) is 2.83. The van der Waals surface area contributed by atoms with Crippen LogP contribution in [0, 0.1) is 12.7 Å². The standard InChI is InChI=1S/C20H26F2N4O/c1-12-18-15(13(9-23)7-17(27)26(18)14-3-4-14)8-16(21)19(12)25-6-5-20(22,11-25)10-24-2/h7-8,14,24H,3-6,9-11,23H2,1-2H3. The molecule has 4 rings (SSSR count). The van der Waals surface area contributed by atoms with E-state index >= 15 is 4.39 Å². The van der Waals surface area contributed by atoms with Gasteiger partial charge >= 0.3 is 0 Å². The molecule has 2 heterocycles. The molecule has 27 heavy (non-hydrogen) atoms. The van der Waals surface area contributed by atoms with E-state index < -0.39 is 5.67 Å².